The van der Waals surface area contributed by atoms with E-state index in [0.717, 1.165) is 39.0 Å². The van der Waals surface area contributed by atoms with Gasteiger partial charge in [-0.2, -0.15) is 4.98 Å². The van der Waals surface area contributed by atoms with E-state index in [9.17, 15) is 0 Å². The van der Waals surface area contributed by atoms with Gasteiger partial charge in [0.2, 0.25) is 5.28 Å². The largest absolute Gasteiger partial charge is 0.364 e. The molecular formula is C17H16ClIN4S2. The molecule has 4 nitrogen and oxygen atoms in total. The summed E-state index contributed by atoms with van der Waals surface area (Å²) in [5.74, 6) is 1.14. The zero-order valence-electron chi connectivity index (χ0n) is 13.2. The first-order chi connectivity index (χ1) is 12.1. The Kier molecular flexibility index (Phi) is 5.28. The monoisotopic (exact) mass is 502 g/mol. The lowest BCUT2D eigenvalue weighted by atomic mass is 9.88. The summed E-state index contributed by atoms with van der Waals surface area (Å²) >= 11 is 12.0. The number of rotatable bonds is 4. The number of allylic oxidation sites excluding steroid dienone is 1. The summed E-state index contributed by atoms with van der Waals surface area (Å²) < 4.78 is 2.21. The van der Waals surface area contributed by atoms with Crippen LogP contribution >= 0.6 is 56.9 Å². The van der Waals surface area contributed by atoms with E-state index >= 15 is 0 Å². The maximum absolute atomic E-state index is 6.37. The van der Waals surface area contributed by atoms with Gasteiger partial charge in [0.05, 0.1) is 14.8 Å². The van der Waals surface area contributed by atoms with E-state index in [1.807, 2.05) is 6.07 Å². The number of fused-ring (bicyclic) bond motifs is 1. The smallest absolute Gasteiger partial charge is 0.225 e. The Bertz CT molecular complexity index is 923. The predicted molar refractivity (Wildman–Crippen MR) is 116 cm³/mol. The Morgan fingerprint density at radius 2 is 2.16 bits per heavy atom. The summed E-state index contributed by atoms with van der Waals surface area (Å²) in [6.45, 7) is 0.732. The molecule has 8 heteroatoms. The second-order valence-corrected chi connectivity index (χ2v) is 9.45. The molecule has 3 aromatic heterocycles. The number of nitrogens with one attached hydrogen (secondary N) is 1. The van der Waals surface area contributed by atoms with E-state index in [-0.39, 0.29) is 11.3 Å². The van der Waals surface area contributed by atoms with E-state index in [2.05, 4.69) is 61.5 Å². The van der Waals surface area contributed by atoms with Gasteiger partial charge in [-0.25, -0.2) is 4.98 Å². The van der Waals surface area contributed by atoms with Gasteiger partial charge in [0.1, 0.15) is 11.3 Å². The summed E-state index contributed by atoms with van der Waals surface area (Å²) in [7, 11) is 0. The highest BCUT2D eigenvalue weighted by molar-refractivity contribution is 14.1. The van der Waals surface area contributed by atoms with Crippen LogP contribution in [-0.4, -0.2) is 16.0 Å². The van der Waals surface area contributed by atoms with E-state index in [1.165, 1.54) is 9.75 Å². The molecule has 0 spiro atoms. The van der Waals surface area contributed by atoms with Crippen LogP contribution in [0, 0.1) is 3.57 Å². The van der Waals surface area contributed by atoms with Gasteiger partial charge < -0.3 is 11.1 Å². The van der Waals surface area contributed by atoms with Crippen LogP contribution in [0.1, 0.15) is 28.5 Å². The van der Waals surface area contributed by atoms with E-state index in [1.54, 1.807) is 22.7 Å². The quantitative estimate of drug-likeness (QED) is 0.285. The fourth-order valence-corrected chi connectivity index (χ4v) is 6.42. The van der Waals surface area contributed by atoms with Gasteiger partial charge in [-0.3, -0.25) is 0 Å². The van der Waals surface area contributed by atoms with Crippen LogP contribution < -0.4 is 11.1 Å². The second kappa shape index (κ2) is 7.48. The fraction of sp³-hybridized carbons (Fsp3) is 0.294. The third-order valence-electron chi connectivity index (χ3n) is 4.30. The van der Waals surface area contributed by atoms with Gasteiger partial charge in [-0.15, -0.1) is 22.7 Å². The van der Waals surface area contributed by atoms with Gasteiger partial charge in [-0.1, -0.05) is 18.2 Å². The van der Waals surface area contributed by atoms with Crippen LogP contribution in [0.4, 0.5) is 5.82 Å². The molecular weight excluding hydrogens is 487 g/mol. The van der Waals surface area contributed by atoms with E-state index in [4.69, 9.17) is 17.3 Å². The van der Waals surface area contributed by atoms with Gasteiger partial charge >= 0.3 is 0 Å². The highest BCUT2D eigenvalue weighted by Gasteiger charge is 2.27. The number of nitrogens with zero attached hydrogens (tertiary/aromatic N) is 2. The number of halogens is 2. The molecule has 0 saturated carbocycles. The first-order valence-electron chi connectivity index (χ1n) is 7.95. The third-order valence-corrected chi connectivity index (χ3v) is 8.12. The second-order valence-electron chi connectivity index (χ2n) is 5.95. The summed E-state index contributed by atoms with van der Waals surface area (Å²) in [6.07, 6.45) is 6.29. The normalized spacial score (nSPS) is 20.3. The molecule has 4 rings (SSSR count). The summed E-state index contributed by atoms with van der Waals surface area (Å²) in [6, 6.07) is 4.31. The van der Waals surface area contributed by atoms with Crippen molar-refractivity contribution in [2.75, 3.05) is 5.32 Å². The Hall–Kier alpha value is -0.740. The van der Waals surface area contributed by atoms with Gasteiger partial charge in [0.25, 0.3) is 0 Å². The molecule has 3 heterocycles. The maximum Gasteiger partial charge on any atom is 0.225 e. The van der Waals surface area contributed by atoms with Gasteiger partial charge in [-0.05, 0) is 58.5 Å². The molecule has 0 bridgehead atoms. The molecule has 0 unspecified atom stereocenters. The van der Waals surface area contributed by atoms with Crippen molar-refractivity contribution in [2.24, 2.45) is 5.73 Å². The number of anilines is 1. The first-order valence-corrected chi connectivity index (χ1v) is 11.1. The summed E-state index contributed by atoms with van der Waals surface area (Å²) in [5, 5.41) is 5.77. The number of aromatic nitrogens is 2. The average Bonchev–Trinajstić information content (AvgIpc) is 3.22. The lowest BCUT2D eigenvalue weighted by molar-refractivity contribution is 0.527. The van der Waals surface area contributed by atoms with Crippen LogP contribution in [0.25, 0.3) is 10.2 Å². The molecule has 0 fully saturated rings. The topological polar surface area (TPSA) is 63.8 Å². The van der Waals surface area contributed by atoms with E-state index < -0.39 is 0 Å². The van der Waals surface area contributed by atoms with Crippen molar-refractivity contribution in [1.29, 1.82) is 0 Å². The van der Waals surface area contributed by atoms with Crippen molar-refractivity contribution < 1.29 is 0 Å². The van der Waals surface area contributed by atoms with Crippen molar-refractivity contribution in [2.45, 2.75) is 31.3 Å². The fourth-order valence-electron chi connectivity index (χ4n) is 3.02. The van der Waals surface area contributed by atoms with Crippen LogP contribution in [0.15, 0.2) is 29.7 Å². The van der Waals surface area contributed by atoms with Crippen LogP contribution in [0.2, 0.25) is 5.28 Å². The minimum Gasteiger partial charge on any atom is -0.364 e. The molecule has 0 amide bonds. The standard InChI is InChI=1S/C17H16ClIN4S2/c18-17-22-13-12(19)14(10-5-1-2-6-11(10)20)25-15(13)16(23-17)21-8-9-4-3-7-24-9/h1-4,7,10-11H,5-6,8,20H2,(H,21,22,23)/t10-,11-/m1/s1. The molecule has 3 N–H and O–H groups in total. The molecule has 3 aromatic rings. The van der Waals surface area contributed by atoms with Crippen LogP contribution in [0.5, 0.6) is 0 Å². The number of hydrogen-bond donors (Lipinski definition) is 2. The molecule has 0 aliphatic heterocycles. The van der Waals surface area contributed by atoms with Gasteiger partial charge in [0, 0.05) is 21.7 Å². The molecule has 0 saturated heterocycles. The molecule has 1 aliphatic carbocycles. The Labute approximate surface area is 172 Å². The zero-order chi connectivity index (χ0) is 17.4. The van der Waals surface area contributed by atoms with E-state index in [0.29, 0.717) is 5.92 Å². The zero-order valence-corrected chi connectivity index (χ0v) is 17.8. The van der Waals surface area contributed by atoms with Crippen LogP contribution in [-0.2, 0) is 6.54 Å². The minimum atomic E-state index is 0.150. The highest BCUT2D eigenvalue weighted by atomic mass is 127. The highest BCUT2D eigenvalue weighted by Crippen LogP contribution is 2.43. The third kappa shape index (κ3) is 3.57. The summed E-state index contributed by atoms with van der Waals surface area (Å²) in [5.41, 5.74) is 7.30. The van der Waals surface area contributed by atoms with Crippen molar-refractivity contribution >= 4 is 72.9 Å². The maximum atomic E-state index is 6.37. The molecule has 1 aliphatic rings. The van der Waals surface area contributed by atoms with Crippen molar-refractivity contribution in [3.8, 4) is 0 Å². The Balaban J connectivity index is 1.73. The Morgan fingerprint density at radius 3 is 2.92 bits per heavy atom. The van der Waals surface area contributed by atoms with Crippen LogP contribution in [0.3, 0.4) is 0 Å². The van der Waals surface area contributed by atoms with Gasteiger partial charge in [0.15, 0.2) is 0 Å². The Morgan fingerprint density at radius 1 is 1.32 bits per heavy atom. The summed E-state index contributed by atoms with van der Waals surface area (Å²) in [4.78, 5) is 11.5. The van der Waals surface area contributed by atoms with Crippen molar-refractivity contribution in [3.63, 3.8) is 0 Å². The SMILES string of the molecule is N[C@@H]1CC=CC[C@H]1c1sc2c(NCc3cccs3)nc(Cl)nc2c1I. The molecule has 25 heavy (non-hydrogen) atoms. The number of thiophene rings is 2. The molecule has 0 radical (unpaired) electrons. The molecule has 130 valence electrons. The average molecular weight is 503 g/mol. The predicted octanol–water partition coefficient (Wildman–Crippen LogP) is 5.38. The lowest BCUT2D eigenvalue weighted by Gasteiger charge is -2.24. The molecule has 0 aromatic carbocycles. The minimum absolute atomic E-state index is 0.150. The first kappa shape index (κ1) is 17.7. The molecule has 2 atom stereocenters. The lowest BCUT2D eigenvalue weighted by Crippen LogP contribution is -2.29. The van der Waals surface area contributed by atoms with Crippen molar-refractivity contribution in [1.82, 2.24) is 9.97 Å². The van der Waals surface area contributed by atoms with Crippen molar-refractivity contribution in [3.05, 3.63) is 48.3 Å². The number of hydrogen-bond acceptors (Lipinski definition) is 6. The number of nitrogens with two attached hydrogens (primary N) is 1.